The van der Waals surface area contributed by atoms with Crippen molar-refractivity contribution < 1.29 is 18.4 Å². The van der Waals surface area contributed by atoms with Gasteiger partial charge in [0.15, 0.2) is 0 Å². The van der Waals surface area contributed by atoms with Gasteiger partial charge in [0.2, 0.25) is 0 Å². The molecule has 0 rings (SSSR count). The van der Waals surface area contributed by atoms with Gasteiger partial charge in [0.05, 0.1) is 12.2 Å². The first-order chi connectivity index (χ1) is 4.52. The molecule has 0 aromatic rings. The number of aliphatic hydroxyl groups is 1. The molecule has 5 heteroatoms. The summed E-state index contributed by atoms with van der Waals surface area (Å²) in [5, 5.41) is 8.74. The zero-order valence-corrected chi connectivity index (χ0v) is 7.00. The van der Waals surface area contributed by atoms with Crippen LogP contribution >= 0.6 is 8.34 Å². The first-order valence-electron chi connectivity index (χ1n) is 3.06. The maximum Gasteiger partial charge on any atom is 0.356 e. The van der Waals surface area contributed by atoms with E-state index in [0.717, 1.165) is 0 Å². The van der Waals surface area contributed by atoms with Crippen LogP contribution in [-0.4, -0.2) is 17.3 Å². The quantitative estimate of drug-likeness (QED) is 0.650. The van der Waals surface area contributed by atoms with Crippen LogP contribution in [-0.2, 0) is 9.09 Å². The predicted molar refractivity (Wildman–Crippen MR) is 37.0 cm³/mol. The normalized spacial score (nSPS) is 20.0. The van der Waals surface area contributed by atoms with E-state index in [9.17, 15) is 8.76 Å². The lowest BCUT2D eigenvalue weighted by Gasteiger charge is -2.10. The van der Waals surface area contributed by atoms with Crippen molar-refractivity contribution in [3.05, 3.63) is 0 Å². The summed E-state index contributed by atoms with van der Waals surface area (Å²) >= 11 is 0. The highest BCUT2D eigenvalue weighted by atomic mass is 31.2. The van der Waals surface area contributed by atoms with E-state index >= 15 is 0 Å². The molecule has 0 heterocycles. The largest absolute Gasteiger partial charge is 0.393 e. The zero-order chi connectivity index (χ0) is 8.15. The van der Waals surface area contributed by atoms with Crippen molar-refractivity contribution in [2.75, 3.05) is 0 Å². The van der Waals surface area contributed by atoms with Crippen molar-refractivity contribution in [1.29, 1.82) is 0 Å². The van der Waals surface area contributed by atoms with Crippen molar-refractivity contribution in [1.82, 2.24) is 0 Å². The molecule has 1 N–H and O–H groups in total. The monoisotopic (exact) mass is 170 g/mol. The third-order valence-corrected chi connectivity index (χ3v) is 1.55. The Morgan fingerprint density at radius 1 is 1.70 bits per heavy atom. The molecule has 0 aromatic carbocycles. The van der Waals surface area contributed by atoms with Gasteiger partial charge in [-0.05, 0) is 20.3 Å². The average molecular weight is 170 g/mol. The summed E-state index contributed by atoms with van der Waals surface area (Å²) in [6.07, 6.45) is -0.715. The lowest BCUT2D eigenvalue weighted by Crippen LogP contribution is -2.11. The van der Waals surface area contributed by atoms with E-state index in [2.05, 4.69) is 4.52 Å². The van der Waals surface area contributed by atoms with Gasteiger partial charge in [0, 0.05) is 0 Å². The zero-order valence-electron chi connectivity index (χ0n) is 6.00. The minimum Gasteiger partial charge on any atom is -0.393 e. The van der Waals surface area contributed by atoms with Crippen LogP contribution in [0.2, 0.25) is 0 Å². The van der Waals surface area contributed by atoms with Crippen LogP contribution < -0.4 is 0 Å². The van der Waals surface area contributed by atoms with Crippen LogP contribution in [0.15, 0.2) is 0 Å². The van der Waals surface area contributed by atoms with Gasteiger partial charge >= 0.3 is 8.34 Å². The van der Waals surface area contributed by atoms with Crippen LogP contribution in [0, 0.1) is 0 Å². The van der Waals surface area contributed by atoms with Crippen molar-refractivity contribution in [2.24, 2.45) is 0 Å². The molecule has 0 radical (unpaired) electrons. The van der Waals surface area contributed by atoms with Gasteiger partial charge in [-0.1, -0.05) is 0 Å². The van der Waals surface area contributed by atoms with Gasteiger partial charge in [-0.25, -0.2) is 0 Å². The second kappa shape index (κ2) is 4.83. The summed E-state index contributed by atoms with van der Waals surface area (Å²) < 4.78 is 25.8. The molecular formula is C5H12FO3P. The van der Waals surface area contributed by atoms with Gasteiger partial charge in [0.1, 0.15) is 0 Å². The number of halogens is 1. The van der Waals surface area contributed by atoms with Gasteiger partial charge in [-0.2, -0.15) is 4.20 Å². The van der Waals surface area contributed by atoms with E-state index in [1.807, 2.05) is 0 Å². The Hall–Kier alpha value is 0.0800. The molecule has 0 fully saturated rings. The van der Waals surface area contributed by atoms with Crippen molar-refractivity contribution in [3.8, 4) is 0 Å². The summed E-state index contributed by atoms with van der Waals surface area (Å²) in [5.41, 5.74) is 0. The number of hydrogen-bond acceptors (Lipinski definition) is 3. The SMILES string of the molecule is CC(O)CC(C)O[PH](=O)F. The highest BCUT2D eigenvalue weighted by molar-refractivity contribution is 7.32. The van der Waals surface area contributed by atoms with Gasteiger partial charge in [-0.3, -0.25) is 4.57 Å². The lowest BCUT2D eigenvalue weighted by molar-refractivity contribution is 0.116. The third kappa shape index (κ3) is 6.20. The molecule has 0 saturated heterocycles. The molecule has 10 heavy (non-hydrogen) atoms. The van der Waals surface area contributed by atoms with Crippen LogP contribution in [0.4, 0.5) is 4.20 Å². The fraction of sp³-hybridized carbons (Fsp3) is 1.00. The first kappa shape index (κ1) is 10.1. The molecule has 62 valence electrons. The smallest absolute Gasteiger partial charge is 0.356 e. The molecule has 3 atom stereocenters. The van der Waals surface area contributed by atoms with Crippen molar-refractivity contribution in [2.45, 2.75) is 32.5 Å². The summed E-state index contributed by atoms with van der Waals surface area (Å²) in [5.74, 6) is 0. The highest BCUT2D eigenvalue weighted by Crippen LogP contribution is 2.26. The van der Waals surface area contributed by atoms with Crippen molar-refractivity contribution in [3.63, 3.8) is 0 Å². The molecule has 0 amide bonds. The minimum absolute atomic E-state index is 0.306. The van der Waals surface area contributed by atoms with Gasteiger partial charge in [-0.15, -0.1) is 0 Å². The molecule has 0 aliphatic rings. The third-order valence-electron chi connectivity index (χ3n) is 0.967. The summed E-state index contributed by atoms with van der Waals surface area (Å²) in [4.78, 5) is 0. The van der Waals surface area contributed by atoms with Crippen LogP contribution in [0.1, 0.15) is 20.3 Å². The summed E-state index contributed by atoms with van der Waals surface area (Å²) in [6, 6.07) is 0. The van der Waals surface area contributed by atoms with Crippen LogP contribution in [0.25, 0.3) is 0 Å². The molecule has 0 aliphatic heterocycles. The van der Waals surface area contributed by atoms with Gasteiger partial charge in [0.25, 0.3) is 0 Å². The molecule has 0 spiro atoms. The van der Waals surface area contributed by atoms with Crippen LogP contribution in [0.3, 0.4) is 0 Å². The molecule has 0 aliphatic carbocycles. The van der Waals surface area contributed by atoms with E-state index in [0.29, 0.717) is 6.42 Å². The molecule has 0 saturated carbocycles. The maximum atomic E-state index is 11.6. The first-order valence-corrected chi connectivity index (χ1v) is 4.26. The fourth-order valence-corrected chi connectivity index (χ4v) is 1.10. The van der Waals surface area contributed by atoms with E-state index in [4.69, 9.17) is 5.11 Å². The minimum atomic E-state index is -3.34. The Balaban J connectivity index is 3.43. The summed E-state index contributed by atoms with van der Waals surface area (Å²) in [7, 11) is -3.34. The predicted octanol–water partition coefficient (Wildman–Crippen LogP) is 1.52. The second-order valence-corrected chi connectivity index (χ2v) is 2.96. The Labute approximate surface area is 60.2 Å². The molecule has 3 nitrogen and oxygen atoms in total. The maximum absolute atomic E-state index is 11.6. The van der Waals surface area contributed by atoms with Crippen molar-refractivity contribution >= 4 is 8.34 Å². The Bertz CT molecular complexity index is 117. The Kier molecular flexibility index (Phi) is 4.87. The topological polar surface area (TPSA) is 46.5 Å². The average Bonchev–Trinajstić information content (AvgIpc) is 1.58. The summed E-state index contributed by atoms with van der Waals surface area (Å²) in [6.45, 7) is 3.13. The molecule has 0 bridgehead atoms. The Morgan fingerprint density at radius 2 is 2.20 bits per heavy atom. The standard InChI is InChI=1S/C5H12FO3P/c1-4(7)3-5(2)9-10(6)8/h4-5,7,10H,3H2,1-2H3. The fourth-order valence-electron chi connectivity index (χ4n) is 0.687. The second-order valence-electron chi connectivity index (χ2n) is 2.25. The van der Waals surface area contributed by atoms with E-state index in [-0.39, 0.29) is 0 Å². The van der Waals surface area contributed by atoms with Gasteiger partial charge < -0.3 is 9.63 Å². The number of aliphatic hydroxyl groups excluding tert-OH is 1. The highest BCUT2D eigenvalue weighted by Gasteiger charge is 2.08. The number of hydrogen-bond donors (Lipinski definition) is 1. The Morgan fingerprint density at radius 3 is 2.50 bits per heavy atom. The number of rotatable bonds is 4. The van der Waals surface area contributed by atoms with Crippen LogP contribution in [0.5, 0.6) is 0 Å². The van der Waals surface area contributed by atoms with E-state index < -0.39 is 20.5 Å². The van der Waals surface area contributed by atoms with E-state index in [1.54, 1.807) is 13.8 Å². The lowest BCUT2D eigenvalue weighted by atomic mass is 10.2. The van der Waals surface area contributed by atoms with E-state index in [1.165, 1.54) is 0 Å². The molecule has 0 aromatic heterocycles. The molecular weight excluding hydrogens is 158 g/mol. The molecule has 3 unspecified atom stereocenters.